The summed E-state index contributed by atoms with van der Waals surface area (Å²) in [6.07, 6.45) is 1.66. The van der Waals surface area contributed by atoms with Gasteiger partial charge in [0.1, 0.15) is 0 Å². The van der Waals surface area contributed by atoms with Crippen molar-refractivity contribution in [3.63, 3.8) is 0 Å². The van der Waals surface area contributed by atoms with E-state index in [-0.39, 0.29) is 5.56 Å². The SMILES string of the molecule is CF.O=c1[nH]ccc2ccccc12. The van der Waals surface area contributed by atoms with E-state index in [1.807, 2.05) is 30.3 Å². The number of aromatic nitrogens is 1. The van der Waals surface area contributed by atoms with Gasteiger partial charge < -0.3 is 4.98 Å². The number of hydrogen-bond donors (Lipinski definition) is 1. The van der Waals surface area contributed by atoms with Gasteiger partial charge in [-0.2, -0.15) is 0 Å². The Morgan fingerprint density at radius 2 is 1.85 bits per heavy atom. The summed E-state index contributed by atoms with van der Waals surface area (Å²) in [7, 11) is 0.500. The van der Waals surface area contributed by atoms with E-state index in [0.29, 0.717) is 7.18 Å². The Bertz CT molecular complexity index is 431. The zero-order valence-electron chi connectivity index (χ0n) is 7.25. The minimum atomic E-state index is -0.0249. The van der Waals surface area contributed by atoms with E-state index in [9.17, 15) is 9.18 Å². The summed E-state index contributed by atoms with van der Waals surface area (Å²) in [6.45, 7) is 0. The fourth-order valence-electron chi connectivity index (χ4n) is 1.13. The van der Waals surface area contributed by atoms with E-state index in [4.69, 9.17) is 0 Å². The first-order valence-corrected chi connectivity index (χ1v) is 3.82. The molecule has 0 aliphatic heterocycles. The van der Waals surface area contributed by atoms with Crippen LogP contribution < -0.4 is 5.56 Å². The molecule has 3 heteroatoms. The quantitative estimate of drug-likeness (QED) is 0.660. The lowest BCUT2D eigenvalue weighted by molar-refractivity contribution is 0.636. The summed E-state index contributed by atoms with van der Waals surface area (Å²) in [6, 6.07) is 9.40. The molecule has 1 N–H and O–H groups in total. The first-order chi connectivity index (χ1) is 6.38. The minimum Gasteiger partial charge on any atom is -0.329 e. The second kappa shape index (κ2) is 4.40. The second-order valence-corrected chi connectivity index (χ2v) is 2.39. The van der Waals surface area contributed by atoms with Gasteiger partial charge in [-0.3, -0.25) is 9.18 Å². The number of aromatic amines is 1. The van der Waals surface area contributed by atoms with Crippen LogP contribution in [-0.2, 0) is 0 Å². The lowest BCUT2D eigenvalue weighted by atomic mass is 10.2. The highest BCUT2D eigenvalue weighted by atomic mass is 19.1. The van der Waals surface area contributed by atoms with Gasteiger partial charge in [-0.25, -0.2) is 0 Å². The molecule has 1 aromatic carbocycles. The fraction of sp³-hybridized carbons (Fsp3) is 0.100. The van der Waals surface area contributed by atoms with Gasteiger partial charge in [0.25, 0.3) is 5.56 Å². The van der Waals surface area contributed by atoms with E-state index in [0.717, 1.165) is 10.8 Å². The van der Waals surface area contributed by atoms with Gasteiger partial charge in [-0.05, 0) is 17.5 Å². The lowest BCUT2D eigenvalue weighted by Gasteiger charge is -1.92. The maximum atomic E-state index is 11.1. The zero-order chi connectivity index (χ0) is 9.68. The van der Waals surface area contributed by atoms with Crippen molar-refractivity contribution in [2.24, 2.45) is 0 Å². The number of H-pyrrole nitrogens is 1. The average molecular weight is 179 g/mol. The largest absolute Gasteiger partial charge is 0.329 e. The topological polar surface area (TPSA) is 32.9 Å². The number of fused-ring (bicyclic) bond motifs is 1. The van der Waals surface area contributed by atoms with Gasteiger partial charge in [0, 0.05) is 11.6 Å². The molecule has 1 aromatic heterocycles. The van der Waals surface area contributed by atoms with Crippen LogP contribution in [0, 0.1) is 0 Å². The second-order valence-electron chi connectivity index (χ2n) is 2.39. The Labute approximate surface area is 75.0 Å². The smallest absolute Gasteiger partial charge is 0.255 e. The molecule has 0 aliphatic rings. The van der Waals surface area contributed by atoms with E-state index < -0.39 is 0 Å². The van der Waals surface area contributed by atoms with Gasteiger partial charge in [0.05, 0.1) is 7.18 Å². The highest BCUT2D eigenvalue weighted by Crippen LogP contribution is 2.05. The van der Waals surface area contributed by atoms with Crippen molar-refractivity contribution in [2.45, 2.75) is 0 Å². The molecule has 2 nitrogen and oxygen atoms in total. The predicted octanol–water partition coefficient (Wildman–Crippen LogP) is 2.11. The van der Waals surface area contributed by atoms with Crippen LogP contribution in [0.3, 0.4) is 0 Å². The normalized spacial score (nSPS) is 9.08. The Hall–Kier alpha value is -1.64. The number of alkyl halides is 1. The van der Waals surface area contributed by atoms with Crippen molar-refractivity contribution in [2.75, 3.05) is 7.18 Å². The van der Waals surface area contributed by atoms with Gasteiger partial charge in [0.2, 0.25) is 0 Å². The molecule has 2 rings (SSSR count). The van der Waals surface area contributed by atoms with Crippen molar-refractivity contribution in [3.8, 4) is 0 Å². The monoisotopic (exact) mass is 179 g/mol. The highest BCUT2D eigenvalue weighted by molar-refractivity contribution is 5.80. The van der Waals surface area contributed by atoms with Crippen LogP contribution in [0.25, 0.3) is 10.8 Å². The Morgan fingerprint density at radius 1 is 1.15 bits per heavy atom. The molecule has 1 heterocycles. The summed E-state index contributed by atoms with van der Waals surface area (Å²) in [4.78, 5) is 13.7. The zero-order valence-corrected chi connectivity index (χ0v) is 7.25. The Morgan fingerprint density at radius 3 is 2.54 bits per heavy atom. The number of pyridine rings is 1. The van der Waals surface area contributed by atoms with E-state index in [1.165, 1.54) is 0 Å². The third kappa shape index (κ3) is 1.93. The lowest BCUT2D eigenvalue weighted by Crippen LogP contribution is -2.03. The highest BCUT2D eigenvalue weighted by Gasteiger charge is 1.92. The number of rotatable bonds is 0. The van der Waals surface area contributed by atoms with Crippen LogP contribution >= 0.6 is 0 Å². The molecule has 0 fully saturated rings. The fourth-order valence-corrected chi connectivity index (χ4v) is 1.13. The molecule has 0 saturated carbocycles. The van der Waals surface area contributed by atoms with Crippen LogP contribution in [0.2, 0.25) is 0 Å². The van der Waals surface area contributed by atoms with Crippen LogP contribution in [0.15, 0.2) is 41.3 Å². The molecule has 0 saturated heterocycles. The molecule has 0 spiro atoms. The first kappa shape index (κ1) is 9.45. The molecule has 2 aromatic rings. The van der Waals surface area contributed by atoms with Crippen molar-refractivity contribution < 1.29 is 4.39 Å². The van der Waals surface area contributed by atoms with Crippen LogP contribution in [0.4, 0.5) is 4.39 Å². The third-order valence-electron chi connectivity index (χ3n) is 1.68. The van der Waals surface area contributed by atoms with Crippen molar-refractivity contribution in [1.82, 2.24) is 4.98 Å². The molecule has 68 valence electrons. The maximum Gasteiger partial charge on any atom is 0.255 e. The summed E-state index contributed by atoms with van der Waals surface area (Å²) >= 11 is 0. The molecule has 0 amide bonds. The summed E-state index contributed by atoms with van der Waals surface area (Å²) < 4.78 is 9.50. The molecular weight excluding hydrogens is 169 g/mol. The molecule has 13 heavy (non-hydrogen) atoms. The summed E-state index contributed by atoms with van der Waals surface area (Å²) in [5.74, 6) is 0. The Kier molecular flexibility index (Phi) is 3.20. The first-order valence-electron chi connectivity index (χ1n) is 3.82. The van der Waals surface area contributed by atoms with E-state index >= 15 is 0 Å². The molecule has 0 bridgehead atoms. The average Bonchev–Trinajstić information content (AvgIpc) is 2.22. The maximum absolute atomic E-state index is 11.1. The number of benzene rings is 1. The van der Waals surface area contributed by atoms with E-state index in [2.05, 4.69) is 4.98 Å². The molecule has 0 unspecified atom stereocenters. The summed E-state index contributed by atoms with van der Waals surface area (Å²) in [5.41, 5.74) is -0.0249. The number of halogens is 1. The van der Waals surface area contributed by atoms with Gasteiger partial charge in [-0.1, -0.05) is 18.2 Å². The molecule has 0 aliphatic carbocycles. The number of nitrogens with one attached hydrogen (secondary N) is 1. The minimum absolute atomic E-state index is 0.0249. The van der Waals surface area contributed by atoms with E-state index in [1.54, 1.807) is 6.20 Å². The molecule has 0 atom stereocenters. The van der Waals surface area contributed by atoms with Crippen molar-refractivity contribution in [3.05, 3.63) is 46.9 Å². The molecular formula is C10H10FNO. The van der Waals surface area contributed by atoms with Crippen molar-refractivity contribution in [1.29, 1.82) is 0 Å². The predicted molar refractivity (Wildman–Crippen MR) is 51.6 cm³/mol. The standard InChI is InChI=1S/C9H7NO.CH3F/c11-9-8-4-2-1-3-7(8)5-6-10-9;1-2/h1-6H,(H,10,11);1H3. The van der Waals surface area contributed by atoms with Crippen LogP contribution in [-0.4, -0.2) is 12.2 Å². The van der Waals surface area contributed by atoms with Crippen LogP contribution in [0.5, 0.6) is 0 Å². The van der Waals surface area contributed by atoms with Gasteiger partial charge >= 0.3 is 0 Å². The van der Waals surface area contributed by atoms with Crippen LogP contribution in [0.1, 0.15) is 0 Å². The van der Waals surface area contributed by atoms with Gasteiger partial charge in [-0.15, -0.1) is 0 Å². The molecule has 0 radical (unpaired) electrons. The van der Waals surface area contributed by atoms with Gasteiger partial charge in [0.15, 0.2) is 0 Å². The Balaban J connectivity index is 0.000000396. The third-order valence-corrected chi connectivity index (χ3v) is 1.68. The number of hydrogen-bond acceptors (Lipinski definition) is 1. The van der Waals surface area contributed by atoms with Crippen molar-refractivity contribution >= 4 is 10.8 Å². The summed E-state index contributed by atoms with van der Waals surface area (Å²) in [5, 5.41) is 1.73.